The lowest BCUT2D eigenvalue weighted by atomic mass is 9.54. The van der Waals surface area contributed by atoms with E-state index in [1.165, 1.54) is 0 Å². The number of hydrogen-bond donors (Lipinski definition) is 1. The van der Waals surface area contributed by atoms with Gasteiger partial charge in [0.2, 0.25) is 0 Å². The molecule has 1 heterocycles. The van der Waals surface area contributed by atoms with E-state index in [-0.39, 0.29) is 11.6 Å². The molecule has 1 aliphatic carbocycles. The Morgan fingerprint density at radius 2 is 1.96 bits per heavy atom. The first-order chi connectivity index (χ1) is 13.0. The van der Waals surface area contributed by atoms with Crippen LogP contribution in [0.15, 0.2) is 35.9 Å². The fourth-order valence-electron chi connectivity index (χ4n) is 4.44. The highest BCUT2D eigenvalue weighted by molar-refractivity contribution is 6.31. The van der Waals surface area contributed by atoms with Gasteiger partial charge in [-0.3, -0.25) is 4.90 Å². The van der Waals surface area contributed by atoms with Gasteiger partial charge in [-0.15, -0.1) is 0 Å². The number of fused-ring (bicyclic) bond motifs is 1. The molecule has 1 aliphatic heterocycles. The van der Waals surface area contributed by atoms with Gasteiger partial charge in [0.15, 0.2) is 5.41 Å². The highest BCUT2D eigenvalue weighted by Gasteiger charge is 2.58. The second-order valence-corrected chi connectivity index (χ2v) is 7.48. The van der Waals surface area contributed by atoms with E-state index < -0.39 is 17.3 Å². The molecule has 3 atom stereocenters. The van der Waals surface area contributed by atoms with Crippen molar-refractivity contribution in [2.45, 2.75) is 19.3 Å². The van der Waals surface area contributed by atoms with Crippen LogP contribution in [0.4, 0.5) is 0 Å². The molecule has 0 bridgehead atoms. The number of nitrogens with one attached hydrogen (secondary N) is 1. The second kappa shape index (κ2) is 7.53. The maximum absolute atomic E-state index is 10.0. The summed E-state index contributed by atoms with van der Waals surface area (Å²) < 4.78 is 0. The summed E-state index contributed by atoms with van der Waals surface area (Å²) in [6, 6.07) is 13.6. The van der Waals surface area contributed by atoms with Crippen molar-refractivity contribution in [3.8, 4) is 18.2 Å². The van der Waals surface area contributed by atoms with Gasteiger partial charge in [-0.25, -0.2) is 0 Å². The zero-order valence-electron chi connectivity index (χ0n) is 15.1. The van der Waals surface area contributed by atoms with Crippen molar-refractivity contribution in [2.75, 3.05) is 19.6 Å². The van der Waals surface area contributed by atoms with Crippen LogP contribution in [0, 0.1) is 56.7 Å². The lowest BCUT2D eigenvalue weighted by molar-refractivity contribution is 0.204. The largest absolute Gasteiger partial charge is 0.305 e. The predicted molar refractivity (Wildman–Crippen MR) is 103 cm³/mol. The molecule has 0 amide bonds. The third kappa shape index (κ3) is 2.92. The Kier molecular flexibility index (Phi) is 5.33. The maximum atomic E-state index is 10.0. The van der Waals surface area contributed by atoms with Crippen LogP contribution in [-0.2, 0) is 0 Å². The van der Waals surface area contributed by atoms with Gasteiger partial charge in [-0.1, -0.05) is 42.8 Å². The minimum atomic E-state index is -1.71. The van der Waals surface area contributed by atoms with Crippen LogP contribution in [0.25, 0.3) is 0 Å². The molecule has 2 aliphatic rings. The van der Waals surface area contributed by atoms with Crippen molar-refractivity contribution in [3.05, 3.63) is 46.5 Å². The first-order valence-corrected chi connectivity index (χ1v) is 9.39. The molecule has 1 unspecified atom stereocenters. The van der Waals surface area contributed by atoms with Crippen molar-refractivity contribution in [1.29, 1.82) is 21.2 Å². The predicted octanol–water partition coefficient (Wildman–Crippen LogP) is 3.90. The molecule has 5 nitrogen and oxygen atoms in total. The van der Waals surface area contributed by atoms with E-state index in [1.54, 1.807) is 12.1 Å². The van der Waals surface area contributed by atoms with Gasteiger partial charge < -0.3 is 5.41 Å². The molecule has 1 aromatic rings. The molecule has 27 heavy (non-hydrogen) atoms. The van der Waals surface area contributed by atoms with Crippen LogP contribution < -0.4 is 0 Å². The minimum Gasteiger partial charge on any atom is -0.305 e. The molecular weight excluding hydrogens is 358 g/mol. The topological polar surface area (TPSA) is 98.5 Å². The van der Waals surface area contributed by atoms with Crippen molar-refractivity contribution < 1.29 is 0 Å². The van der Waals surface area contributed by atoms with Crippen LogP contribution >= 0.6 is 11.6 Å². The van der Waals surface area contributed by atoms with E-state index in [0.717, 1.165) is 18.5 Å². The van der Waals surface area contributed by atoms with Crippen LogP contribution in [0.2, 0.25) is 5.02 Å². The van der Waals surface area contributed by atoms with Gasteiger partial charge in [0.05, 0.1) is 23.9 Å². The summed E-state index contributed by atoms with van der Waals surface area (Å²) in [5.41, 5.74) is -0.298. The summed E-state index contributed by atoms with van der Waals surface area (Å²) in [6.07, 6.45) is 3.00. The van der Waals surface area contributed by atoms with E-state index in [1.807, 2.05) is 18.2 Å². The maximum Gasteiger partial charge on any atom is 0.189 e. The third-order valence-corrected chi connectivity index (χ3v) is 5.99. The molecular formula is C21H20ClN5. The number of rotatable bonds is 3. The van der Waals surface area contributed by atoms with Crippen LogP contribution in [0.5, 0.6) is 0 Å². The summed E-state index contributed by atoms with van der Waals surface area (Å²) in [7, 11) is 0. The van der Waals surface area contributed by atoms with Gasteiger partial charge in [-0.05, 0) is 30.2 Å². The number of nitrogens with zero attached hydrogens (tertiary/aromatic N) is 4. The lowest BCUT2D eigenvalue weighted by Gasteiger charge is -2.48. The van der Waals surface area contributed by atoms with Crippen molar-refractivity contribution >= 4 is 17.3 Å². The third-order valence-electron chi connectivity index (χ3n) is 5.65. The Balaban J connectivity index is 2.24. The highest BCUT2D eigenvalue weighted by atomic mass is 35.5. The standard InChI is InChI=1S/C21H20ClN5/c1-2-8-27-9-7-14-16(10-23)20(26)21(12-24,13-25)19(17(14)11-27)15-5-3-4-6-18(15)22/h3-7,16-17,19,26H,2,8-9,11H2,1H3/t16?,17-,19+/m1/s1. The van der Waals surface area contributed by atoms with Crippen molar-refractivity contribution in [1.82, 2.24) is 4.90 Å². The van der Waals surface area contributed by atoms with Gasteiger partial charge >= 0.3 is 0 Å². The van der Waals surface area contributed by atoms with Crippen LogP contribution in [-0.4, -0.2) is 30.2 Å². The summed E-state index contributed by atoms with van der Waals surface area (Å²) in [4.78, 5) is 2.26. The molecule has 136 valence electrons. The average molecular weight is 378 g/mol. The molecule has 0 aromatic heterocycles. The summed E-state index contributed by atoms with van der Waals surface area (Å²) in [5.74, 6) is -1.62. The quantitative estimate of drug-likeness (QED) is 0.807. The molecule has 0 radical (unpaired) electrons. The van der Waals surface area contributed by atoms with Crippen molar-refractivity contribution in [2.24, 2.45) is 17.3 Å². The molecule has 0 spiro atoms. The van der Waals surface area contributed by atoms with Gasteiger partial charge in [0, 0.05) is 29.9 Å². The smallest absolute Gasteiger partial charge is 0.189 e. The zero-order valence-corrected chi connectivity index (χ0v) is 15.9. The Bertz CT molecular complexity index is 900. The fraction of sp³-hybridized carbons (Fsp3) is 0.429. The SMILES string of the molecule is CCCN1CC=C2C(C#N)C(=N)C(C#N)(C#N)[C@@H](c3ccccc3Cl)[C@@H]2C1. The van der Waals surface area contributed by atoms with Gasteiger partial charge in [0.25, 0.3) is 0 Å². The van der Waals surface area contributed by atoms with E-state index in [4.69, 9.17) is 17.0 Å². The highest BCUT2D eigenvalue weighted by Crippen LogP contribution is 2.54. The number of nitriles is 3. The van der Waals surface area contributed by atoms with E-state index in [0.29, 0.717) is 23.7 Å². The summed E-state index contributed by atoms with van der Waals surface area (Å²) in [5, 5.41) is 38.8. The second-order valence-electron chi connectivity index (χ2n) is 7.08. The Morgan fingerprint density at radius 1 is 1.26 bits per heavy atom. The van der Waals surface area contributed by atoms with Gasteiger partial charge in [-0.2, -0.15) is 15.8 Å². The Labute approximate surface area is 164 Å². The Morgan fingerprint density at radius 3 is 2.56 bits per heavy atom. The summed E-state index contributed by atoms with van der Waals surface area (Å²) in [6.45, 7) is 4.36. The average Bonchev–Trinajstić information content (AvgIpc) is 2.68. The molecule has 3 rings (SSSR count). The fourth-order valence-corrected chi connectivity index (χ4v) is 4.69. The van der Waals surface area contributed by atoms with Gasteiger partial charge in [0.1, 0.15) is 5.92 Å². The molecule has 0 saturated heterocycles. The zero-order chi connectivity index (χ0) is 19.6. The molecule has 1 N–H and O–H groups in total. The molecule has 6 heteroatoms. The first-order valence-electron chi connectivity index (χ1n) is 9.01. The van der Waals surface area contributed by atoms with E-state index in [9.17, 15) is 15.8 Å². The van der Waals surface area contributed by atoms with Crippen LogP contribution in [0.3, 0.4) is 0 Å². The van der Waals surface area contributed by atoms with E-state index in [2.05, 4.69) is 30.0 Å². The number of benzene rings is 1. The monoisotopic (exact) mass is 377 g/mol. The minimum absolute atomic E-state index is 0.133. The molecule has 1 fully saturated rings. The van der Waals surface area contributed by atoms with E-state index >= 15 is 0 Å². The normalized spacial score (nSPS) is 26.9. The number of hydrogen-bond acceptors (Lipinski definition) is 5. The van der Waals surface area contributed by atoms with Crippen LogP contribution in [0.1, 0.15) is 24.8 Å². The molecule has 1 saturated carbocycles. The molecule has 1 aromatic carbocycles. The Hall–Kier alpha value is -2.65. The summed E-state index contributed by atoms with van der Waals surface area (Å²) >= 11 is 6.46. The number of halogens is 1. The first kappa shape index (κ1) is 19.1. The van der Waals surface area contributed by atoms with Crippen molar-refractivity contribution in [3.63, 3.8) is 0 Å². The lowest BCUT2D eigenvalue weighted by Crippen LogP contribution is -2.53.